The van der Waals surface area contributed by atoms with Crippen LogP contribution in [-0.2, 0) is 10.0 Å². The predicted octanol–water partition coefficient (Wildman–Crippen LogP) is -0.681. The summed E-state index contributed by atoms with van der Waals surface area (Å²) in [6, 6.07) is 5.56. The fraction of sp³-hybridized carbons (Fsp3) is 0.222. The molecule has 3 rings (SSSR count). The molecule has 0 aliphatic carbocycles. The Bertz CT molecular complexity index is 679. The molecular weight excluding hydrogens is 486 g/mol. The second-order valence-electron chi connectivity index (χ2n) is 3.53. The summed E-state index contributed by atoms with van der Waals surface area (Å²) in [6.45, 7) is 0. The molecule has 1 saturated heterocycles. The standard InChI is InChI=1S/C9H9I2N2O2S2/c1-17(14,15)13-6-2-3-7-8(4-6)16-9(12-7)11-5-10-11/h2-4,13H,5H2,1H3/q-1. The van der Waals surface area contributed by atoms with Gasteiger partial charge in [-0.3, -0.25) is 0 Å². The molecule has 2 heterocycles. The van der Waals surface area contributed by atoms with Gasteiger partial charge in [-0.25, -0.2) is 0 Å². The number of anilines is 1. The van der Waals surface area contributed by atoms with Gasteiger partial charge in [0.25, 0.3) is 0 Å². The molecule has 1 aromatic heterocycles. The molecule has 0 amide bonds. The Hall–Kier alpha value is 0.320. The third kappa shape index (κ3) is 3.01. The van der Waals surface area contributed by atoms with Crippen LogP contribution in [0.15, 0.2) is 18.2 Å². The Labute approximate surface area is 117 Å². The van der Waals surface area contributed by atoms with E-state index in [4.69, 9.17) is 0 Å². The van der Waals surface area contributed by atoms with Crippen LogP contribution in [0.3, 0.4) is 0 Å². The Morgan fingerprint density at radius 3 is 2.94 bits per heavy atom. The topological polar surface area (TPSA) is 59.1 Å². The summed E-state index contributed by atoms with van der Waals surface area (Å²) in [5.41, 5.74) is 1.64. The first kappa shape index (κ1) is 12.4. The number of sulfonamides is 1. The number of aromatic nitrogens is 1. The summed E-state index contributed by atoms with van der Waals surface area (Å²) < 4.78 is 28.8. The monoisotopic (exact) mass is 495 g/mol. The van der Waals surface area contributed by atoms with Crippen LogP contribution < -0.4 is 22.0 Å². The van der Waals surface area contributed by atoms with E-state index in [0.29, 0.717) is 22.9 Å². The average Bonchev–Trinajstić information content (AvgIpc) is 2.96. The van der Waals surface area contributed by atoms with Crippen LogP contribution in [0, 0.1) is 3.01 Å². The molecule has 1 aliphatic heterocycles. The van der Waals surface area contributed by atoms with Gasteiger partial charge in [0.1, 0.15) is 0 Å². The second-order valence-corrected chi connectivity index (χ2v) is 25.3. The van der Waals surface area contributed by atoms with Gasteiger partial charge in [-0.1, -0.05) is 0 Å². The predicted molar refractivity (Wildman–Crippen MR) is 75.7 cm³/mol. The normalized spacial score (nSPS) is 17.8. The van der Waals surface area contributed by atoms with Crippen LogP contribution in [0.4, 0.5) is 5.69 Å². The van der Waals surface area contributed by atoms with Gasteiger partial charge in [-0.15, -0.1) is 0 Å². The van der Waals surface area contributed by atoms with Crippen LogP contribution >= 0.6 is 27.2 Å². The van der Waals surface area contributed by atoms with Gasteiger partial charge in [-0.05, 0) is 0 Å². The van der Waals surface area contributed by atoms with Crippen molar-refractivity contribution < 1.29 is 25.6 Å². The van der Waals surface area contributed by atoms with Gasteiger partial charge in [-0.2, -0.15) is 0 Å². The molecule has 0 unspecified atom stereocenters. The summed E-state index contributed by atoms with van der Waals surface area (Å²) >= 11 is 1.58. The Kier molecular flexibility index (Phi) is 3.24. The molecule has 4 nitrogen and oxygen atoms in total. The third-order valence-electron chi connectivity index (χ3n) is 2.04. The maximum atomic E-state index is 11.1. The number of fused-ring (bicyclic) bond motifs is 1. The number of nitrogens with zero attached hydrogens (tertiary/aromatic N) is 1. The molecule has 2 aromatic rings. The van der Waals surface area contributed by atoms with Crippen molar-refractivity contribution in [3.8, 4) is 0 Å². The molecule has 1 N–H and O–H groups in total. The van der Waals surface area contributed by atoms with E-state index in [2.05, 4.69) is 9.71 Å². The first-order valence-electron chi connectivity index (χ1n) is 4.66. The van der Waals surface area contributed by atoms with E-state index in [1.807, 2.05) is 12.1 Å². The number of nitrogens with one attached hydrogen (secondary N) is 1. The minimum absolute atomic E-state index is 0.520. The van der Waals surface area contributed by atoms with E-state index >= 15 is 0 Å². The second kappa shape index (κ2) is 4.46. The molecule has 1 aliphatic rings. The molecule has 0 saturated carbocycles. The van der Waals surface area contributed by atoms with Gasteiger partial charge < -0.3 is 0 Å². The van der Waals surface area contributed by atoms with E-state index in [1.54, 1.807) is 17.4 Å². The van der Waals surface area contributed by atoms with Gasteiger partial charge in [0, 0.05) is 0 Å². The number of benzene rings is 1. The number of alkyl halides is 2. The van der Waals surface area contributed by atoms with Gasteiger partial charge in [0.15, 0.2) is 0 Å². The van der Waals surface area contributed by atoms with E-state index in [0.717, 1.165) is 16.5 Å². The fourth-order valence-electron chi connectivity index (χ4n) is 1.37. The van der Waals surface area contributed by atoms with Gasteiger partial charge >= 0.3 is 118 Å². The first-order chi connectivity index (χ1) is 8.01. The van der Waals surface area contributed by atoms with Crippen molar-refractivity contribution in [2.45, 2.75) is 0 Å². The molecule has 0 spiro atoms. The quantitative estimate of drug-likeness (QED) is 0.454. The Morgan fingerprint density at radius 2 is 2.29 bits per heavy atom. The molecule has 8 heteroatoms. The average molecular weight is 495 g/mol. The zero-order chi connectivity index (χ0) is 12.0. The Morgan fingerprint density at radius 1 is 1.53 bits per heavy atom. The van der Waals surface area contributed by atoms with Crippen molar-refractivity contribution in [3.05, 3.63) is 21.2 Å². The van der Waals surface area contributed by atoms with Crippen LogP contribution in [0.5, 0.6) is 0 Å². The van der Waals surface area contributed by atoms with Crippen molar-refractivity contribution in [2.24, 2.45) is 0 Å². The number of hydrogen-bond acceptors (Lipinski definition) is 4. The molecule has 1 fully saturated rings. The van der Waals surface area contributed by atoms with E-state index in [9.17, 15) is 8.42 Å². The van der Waals surface area contributed by atoms with E-state index in [1.165, 1.54) is 5.45 Å². The molecule has 94 valence electrons. The summed E-state index contributed by atoms with van der Waals surface area (Å²) in [5, 5.41) is 0. The molecule has 0 radical (unpaired) electrons. The van der Waals surface area contributed by atoms with Gasteiger partial charge in [0.2, 0.25) is 0 Å². The summed E-state index contributed by atoms with van der Waals surface area (Å²) in [5.74, 6) is 0. The summed E-state index contributed by atoms with van der Waals surface area (Å²) in [4.78, 5) is 4.65. The van der Waals surface area contributed by atoms with Crippen LogP contribution in [0.2, 0.25) is 0 Å². The van der Waals surface area contributed by atoms with Crippen LogP contribution in [0.25, 0.3) is 10.2 Å². The third-order valence-corrected chi connectivity index (χ3v) is 19.9. The number of thiazole rings is 1. The zero-order valence-corrected chi connectivity index (χ0v) is 14.7. The fourth-order valence-corrected chi connectivity index (χ4v) is 20.2. The van der Waals surface area contributed by atoms with Crippen LogP contribution in [-0.4, -0.2) is 22.1 Å². The molecular formula is C9H9I2N2O2S2-. The maximum absolute atomic E-state index is 11.1. The number of hydrogen-bond donors (Lipinski definition) is 1. The molecule has 17 heavy (non-hydrogen) atoms. The van der Waals surface area contributed by atoms with Crippen molar-refractivity contribution in [3.63, 3.8) is 0 Å². The SMILES string of the molecule is CS(=O)(=O)Nc1ccc2nc(I3C[I-]3)sc2c1. The summed E-state index contributed by atoms with van der Waals surface area (Å²) in [6.07, 6.45) is 1.16. The van der Waals surface area contributed by atoms with E-state index < -0.39 is 25.9 Å². The van der Waals surface area contributed by atoms with Crippen molar-refractivity contribution in [1.29, 1.82) is 0 Å². The Balaban J connectivity index is 2.00. The van der Waals surface area contributed by atoms with Crippen LogP contribution in [0.1, 0.15) is 0 Å². The minimum atomic E-state index is -3.19. The molecule has 0 bridgehead atoms. The van der Waals surface area contributed by atoms with Crippen molar-refractivity contribution >= 4 is 53.1 Å². The summed E-state index contributed by atoms with van der Waals surface area (Å²) in [7, 11) is -3.19. The van der Waals surface area contributed by atoms with Crippen molar-refractivity contribution in [2.75, 3.05) is 13.4 Å². The van der Waals surface area contributed by atoms with Crippen molar-refractivity contribution in [1.82, 2.24) is 4.98 Å². The zero-order valence-electron chi connectivity index (χ0n) is 8.78. The molecule has 1 aromatic carbocycles. The first-order valence-corrected chi connectivity index (χ1v) is 17.8. The van der Waals surface area contributed by atoms with E-state index in [-0.39, 0.29) is 0 Å². The number of halogens is 2. The number of rotatable bonds is 3. The van der Waals surface area contributed by atoms with Gasteiger partial charge in [0.05, 0.1) is 0 Å². The molecule has 0 atom stereocenters.